The van der Waals surface area contributed by atoms with Gasteiger partial charge in [-0.15, -0.1) is 0 Å². The standard InChI is InChI=1S/C25H20FNO4/c1-15-11-16(2)13-19(12-15)30-14-22(28)27-23-20-5-3-4-6-21(20)31-25(23)24(29)17-7-9-18(26)10-8-17/h3-13H,14H2,1-2H3,(H,27,28). The van der Waals surface area contributed by atoms with E-state index in [0.717, 1.165) is 11.1 Å². The average molecular weight is 417 g/mol. The number of amides is 1. The molecule has 0 aliphatic carbocycles. The lowest BCUT2D eigenvalue weighted by Crippen LogP contribution is -2.21. The van der Waals surface area contributed by atoms with Gasteiger partial charge in [0.1, 0.15) is 17.1 Å². The van der Waals surface area contributed by atoms with Gasteiger partial charge in [-0.05, 0) is 73.5 Å². The Bertz CT molecular complexity index is 1250. The second-order valence-electron chi connectivity index (χ2n) is 7.30. The zero-order chi connectivity index (χ0) is 22.0. The summed E-state index contributed by atoms with van der Waals surface area (Å²) < 4.78 is 24.6. The number of fused-ring (bicyclic) bond motifs is 1. The number of carbonyl (C=O) groups is 2. The quantitative estimate of drug-likeness (QED) is 0.424. The van der Waals surface area contributed by atoms with Gasteiger partial charge in [0, 0.05) is 10.9 Å². The molecule has 156 valence electrons. The summed E-state index contributed by atoms with van der Waals surface area (Å²) in [6.45, 7) is 3.67. The predicted molar refractivity (Wildman–Crippen MR) is 116 cm³/mol. The Morgan fingerprint density at radius 2 is 1.65 bits per heavy atom. The minimum absolute atomic E-state index is 0.0208. The van der Waals surface area contributed by atoms with Crippen LogP contribution in [0, 0.1) is 19.7 Å². The lowest BCUT2D eigenvalue weighted by Gasteiger charge is -2.09. The lowest BCUT2D eigenvalue weighted by atomic mass is 10.1. The van der Waals surface area contributed by atoms with Crippen LogP contribution in [0.5, 0.6) is 5.75 Å². The monoisotopic (exact) mass is 417 g/mol. The molecule has 0 aliphatic rings. The summed E-state index contributed by atoms with van der Waals surface area (Å²) in [6.07, 6.45) is 0. The third-order valence-corrected chi connectivity index (χ3v) is 4.74. The Kier molecular flexibility index (Phi) is 5.54. The number of benzene rings is 3. The van der Waals surface area contributed by atoms with Crippen LogP contribution in [-0.2, 0) is 4.79 Å². The van der Waals surface area contributed by atoms with Crippen LogP contribution in [-0.4, -0.2) is 18.3 Å². The van der Waals surface area contributed by atoms with Crippen molar-refractivity contribution in [1.29, 1.82) is 0 Å². The fourth-order valence-electron chi connectivity index (χ4n) is 3.40. The van der Waals surface area contributed by atoms with E-state index in [1.165, 1.54) is 24.3 Å². The van der Waals surface area contributed by atoms with Crippen LogP contribution in [0.25, 0.3) is 11.0 Å². The largest absolute Gasteiger partial charge is 0.484 e. The molecule has 0 bridgehead atoms. The first-order valence-electron chi connectivity index (χ1n) is 9.73. The van der Waals surface area contributed by atoms with Crippen LogP contribution in [0.15, 0.2) is 71.1 Å². The number of furan rings is 1. The van der Waals surface area contributed by atoms with Crippen LogP contribution in [0.3, 0.4) is 0 Å². The molecule has 0 unspecified atom stereocenters. The Hall–Kier alpha value is -3.93. The van der Waals surface area contributed by atoms with Crippen molar-refractivity contribution in [1.82, 2.24) is 0 Å². The number of carbonyl (C=O) groups excluding carboxylic acids is 2. The molecular weight excluding hydrogens is 397 g/mol. The minimum Gasteiger partial charge on any atom is -0.484 e. The van der Waals surface area contributed by atoms with Crippen molar-refractivity contribution in [2.75, 3.05) is 11.9 Å². The Morgan fingerprint density at radius 1 is 0.968 bits per heavy atom. The van der Waals surface area contributed by atoms with E-state index in [1.807, 2.05) is 32.0 Å². The average Bonchev–Trinajstić information content (AvgIpc) is 3.10. The van der Waals surface area contributed by atoms with E-state index in [0.29, 0.717) is 16.7 Å². The van der Waals surface area contributed by atoms with Crippen molar-refractivity contribution in [2.45, 2.75) is 13.8 Å². The van der Waals surface area contributed by atoms with Gasteiger partial charge in [-0.2, -0.15) is 0 Å². The maximum absolute atomic E-state index is 13.2. The van der Waals surface area contributed by atoms with E-state index in [-0.39, 0.29) is 23.6 Å². The van der Waals surface area contributed by atoms with Gasteiger partial charge < -0.3 is 14.5 Å². The summed E-state index contributed by atoms with van der Waals surface area (Å²) >= 11 is 0. The number of aryl methyl sites for hydroxylation is 2. The summed E-state index contributed by atoms with van der Waals surface area (Å²) in [5.41, 5.74) is 3.03. The van der Waals surface area contributed by atoms with E-state index in [1.54, 1.807) is 24.3 Å². The smallest absolute Gasteiger partial charge is 0.262 e. The van der Waals surface area contributed by atoms with Crippen LogP contribution >= 0.6 is 0 Å². The number of anilines is 1. The highest BCUT2D eigenvalue weighted by Gasteiger charge is 2.23. The van der Waals surface area contributed by atoms with Gasteiger partial charge in [-0.25, -0.2) is 4.39 Å². The van der Waals surface area contributed by atoms with Crippen molar-refractivity contribution < 1.29 is 23.1 Å². The van der Waals surface area contributed by atoms with Crippen molar-refractivity contribution >= 4 is 28.3 Å². The Labute approximate surface area is 178 Å². The topological polar surface area (TPSA) is 68.5 Å². The number of ether oxygens (including phenoxy) is 1. The molecule has 0 saturated carbocycles. The zero-order valence-corrected chi connectivity index (χ0v) is 17.1. The molecule has 5 nitrogen and oxygen atoms in total. The van der Waals surface area contributed by atoms with Gasteiger partial charge in [0.2, 0.25) is 5.78 Å². The van der Waals surface area contributed by atoms with Gasteiger partial charge in [-0.3, -0.25) is 9.59 Å². The summed E-state index contributed by atoms with van der Waals surface area (Å²) in [7, 11) is 0. The number of para-hydroxylation sites is 1. The molecule has 1 heterocycles. The molecule has 6 heteroatoms. The van der Waals surface area contributed by atoms with E-state index < -0.39 is 17.5 Å². The molecule has 0 aliphatic heterocycles. The molecule has 0 saturated heterocycles. The number of nitrogens with one attached hydrogen (secondary N) is 1. The third-order valence-electron chi connectivity index (χ3n) is 4.74. The molecular formula is C25H20FNO4. The summed E-state index contributed by atoms with van der Waals surface area (Å²) in [6, 6.07) is 17.9. The van der Waals surface area contributed by atoms with E-state index in [2.05, 4.69) is 5.32 Å². The van der Waals surface area contributed by atoms with Crippen LogP contribution in [0.1, 0.15) is 27.2 Å². The number of rotatable bonds is 6. The molecule has 1 N–H and O–H groups in total. The molecule has 31 heavy (non-hydrogen) atoms. The second kappa shape index (κ2) is 8.44. The van der Waals surface area contributed by atoms with Crippen molar-refractivity contribution in [2.24, 2.45) is 0 Å². The molecule has 0 spiro atoms. The van der Waals surface area contributed by atoms with Crippen LogP contribution < -0.4 is 10.1 Å². The molecule has 0 atom stereocenters. The lowest BCUT2D eigenvalue weighted by molar-refractivity contribution is -0.118. The molecule has 0 radical (unpaired) electrons. The number of ketones is 1. The first-order chi connectivity index (χ1) is 14.9. The highest BCUT2D eigenvalue weighted by atomic mass is 19.1. The Balaban J connectivity index is 1.60. The van der Waals surface area contributed by atoms with Gasteiger partial charge >= 0.3 is 0 Å². The van der Waals surface area contributed by atoms with Gasteiger partial charge in [0.15, 0.2) is 12.4 Å². The SMILES string of the molecule is Cc1cc(C)cc(OCC(=O)Nc2c(C(=O)c3ccc(F)cc3)oc3ccccc23)c1. The first-order valence-corrected chi connectivity index (χ1v) is 9.73. The fraction of sp³-hybridized carbons (Fsp3) is 0.120. The molecule has 1 aromatic heterocycles. The highest BCUT2D eigenvalue weighted by Crippen LogP contribution is 2.32. The molecule has 1 amide bonds. The van der Waals surface area contributed by atoms with Crippen molar-refractivity contribution in [3.8, 4) is 5.75 Å². The fourth-order valence-corrected chi connectivity index (χ4v) is 3.40. The van der Waals surface area contributed by atoms with Crippen LogP contribution in [0.2, 0.25) is 0 Å². The highest BCUT2D eigenvalue weighted by molar-refractivity contribution is 6.17. The molecule has 4 aromatic rings. The van der Waals surface area contributed by atoms with Gasteiger partial charge in [0.05, 0.1) is 5.69 Å². The first kappa shape index (κ1) is 20.3. The molecule has 4 rings (SSSR count). The van der Waals surface area contributed by atoms with Crippen molar-refractivity contribution in [3.05, 3.63) is 95.0 Å². The van der Waals surface area contributed by atoms with Crippen molar-refractivity contribution in [3.63, 3.8) is 0 Å². The number of hydrogen-bond acceptors (Lipinski definition) is 4. The third kappa shape index (κ3) is 4.48. The second-order valence-corrected chi connectivity index (χ2v) is 7.30. The molecule has 3 aromatic carbocycles. The normalized spacial score (nSPS) is 10.8. The van der Waals surface area contributed by atoms with Gasteiger partial charge in [-0.1, -0.05) is 18.2 Å². The maximum Gasteiger partial charge on any atom is 0.262 e. The van der Waals surface area contributed by atoms with E-state index >= 15 is 0 Å². The van der Waals surface area contributed by atoms with E-state index in [4.69, 9.17) is 9.15 Å². The number of halogens is 1. The maximum atomic E-state index is 13.2. The minimum atomic E-state index is -0.457. The summed E-state index contributed by atoms with van der Waals surface area (Å²) in [4.78, 5) is 25.6. The predicted octanol–water partition coefficient (Wildman–Crippen LogP) is 5.44. The summed E-state index contributed by atoms with van der Waals surface area (Å²) in [5, 5.41) is 3.33. The van der Waals surface area contributed by atoms with Crippen LogP contribution in [0.4, 0.5) is 10.1 Å². The summed E-state index contributed by atoms with van der Waals surface area (Å²) in [5.74, 6) is -0.765. The molecule has 0 fully saturated rings. The Morgan fingerprint density at radius 3 is 2.35 bits per heavy atom. The van der Waals surface area contributed by atoms with Gasteiger partial charge in [0.25, 0.3) is 5.91 Å². The number of hydrogen-bond donors (Lipinski definition) is 1. The zero-order valence-electron chi connectivity index (χ0n) is 17.1. The van der Waals surface area contributed by atoms with E-state index in [9.17, 15) is 14.0 Å².